The normalized spacial score (nSPS) is 14.6. The molecular weight excluding hydrogens is 336 g/mol. The molecule has 24 heavy (non-hydrogen) atoms. The summed E-state index contributed by atoms with van der Waals surface area (Å²) in [5, 5.41) is 5.73. The second-order valence-electron chi connectivity index (χ2n) is 4.94. The minimum Gasteiger partial charge on any atom is -0.497 e. The van der Waals surface area contributed by atoms with Gasteiger partial charge in [0.25, 0.3) is 0 Å². The first kappa shape index (κ1) is 17.7. The number of rotatable bonds is 6. The van der Waals surface area contributed by atoms with E-state index in [0.29, 0.717) is 17.5 Å². The summed E-state index contributed by atoms with van der Waals surface area (Å²) in [7, 11) is 1.45. The van der Waals surface area contributed by atoms with Gasteiger partial charge in [-0.15, -0.1) is 4.91 Å². The quantitative estimate of drug-likeness (QED) is 0.366. The summed E-state index contributed by atoms with van der Waals surface area (Å²) in [5.41, 5.74) is 1.05. The second kappa shape index (κ2) is 8.26. The van der Waals surface area contributed by atoms with Crippen LogP contribution in [0.15, 0.2) is 52.3 Å². The molecule has 1 amide bonds. The number of methoxy groups -OCH3 is 1. The lowest BCUT2D eigenvalue weighted by Crippen LogP contribution is -2.26. The first-order valence-corrected chi connectivity index (χ1v) is 7.40. The van der Waals surface area contributed by atoms with E-state index in [0.717, 1.165) is 5.57 Å². The molecule has 0 bridgehead atoms. The van der Waals surface area contributed by atoms with Gasteiger partial charge in [-0.25, -0.2) is 0 Å². The Kier molecular flexibility index (Phi) is 6.08. The smallest absolute Gasteiger partial charge is 0.323 e. The maximum atomic E-state index is 12.3. The van der Waals surface area contributed by atoms with Crippen LogP contribution < -0.4 is 10.1 Å². The van der Waals surface area contributed by atoms with Gasteiger partial charge < -0.3 is 14.8 Å². The maximum Gasteiger partial charge on any atom is 0.323 e. The Labute approximate surface area is 143 Å². The average molecular weight is 351 g/mol. The van der Waals surface area contributed by atoms with Gasteiger partial charge in [0.2, 0.25) is 0 Å². The molecule has 2 rings (SSSR count). The third-order valence-corrected chi connectivity index (χ3v) is 3.61. The number of carbonyl (C=O) groups excluding carboxylic acids is 2. The van der Waals surface area contributed by atoms with Crippen molar-refractivity contribution in [2.45, 2.75) is 5.92 Å². The lowest BCUT2D eigenvalue weighted by Gasteiger charge is -2.16. The van der Waals surface area contributed by atoms with Gasteiger partial charge in [0.15, 0.2) is 5.92 Å². The SMILES string of the molecule is COc1cccc(C(C(=O)N=O)C(=O)OCC2=CC=C(Cl)NC2)c1. The summed E-state index contributed by atoms with van der Waals surface area (Å²) in [5.74, 6) is -2.95. The van der Waals surface area contributed by atoms with Crippen LogP contribution in [0.4, 0.5) is 0 Å². The van der Waals surface area contributed by atoms with Crippen molar-refractivity contribution in [1.82, 2.24) is 5.32 Å². The van der Waals surface area contributed by atoms with Crippen LogP contribution in [-0.2, 0) is 14.3 Å². The van der Waals surface area contributed by atoms with Gasteiger partial charge in [0.05, 0.1) is 7.11 Å². The van der Waals surface area contributed by atoms with Crippen LogP contribution in [0.25, 0.3) is 0 Å². The third kappa shape index (κ3) is 4.42. The van der Waals surface area contributed by atoms with Crippen LogP contribution in [0.2, 0.25) is 0 Å². The number of amides is 1. The van der Waals surface area contributed by atoms with Crippen molar-refractivity contribution in [2.75, 3.05) is 20.3 Å². The lowest BCUT2D eigenvalue weighted by molar-refractivity contribution is -0.147. The summed E-state index contributed by atoms with van der Waals surface area (Å²) in [4.78, 5) is 34.7. The van der Waals surface area contributed by atoms with Crippen molar-refractivity contribution < 1.29 is 19.1 Å². The number of allylic oxidation sites excluding steroid dienone is 2. The van der Waals surface area contributed by atoms with Crippen LogP contribution in [0, 0.1) is 4.91 Å². The topological polar surface area (TPSA) is 94.1 Å². The molecule has 0 saturated heterocycles. The molecule has 0 saturated carbocycles. The Bertz CT molecular complexity index is 714. The van der Waals surface area contributed by atoms with E-state index in [1.807, 2.05) is 0 Å². The van der Waals surface area contributed by atoms with Gasteiger partial charge in [0.1, 0.15) is 17.5 Å². The number of nitroso groups, excluding NO2 is 1. The Balaban J connectivity index is 2.14. The van der Waals surface area contributed by atoms with E-state index in [9.17, 15) is 14.5 Å². The summed E-state index contributed by atoms with van der Waals surface area (Å²) in [6, 6.07) is 6.27. The molecule has 0 radical (unpaired) electrons. The Morgan fingerprint density at radius 2 is 2.17 bits per heavy atom. The van der Waals surface area contributed by atoms with Crippen molar-refractivity contribution >= 4 is 23.5 Å². The molecule has 0 fully saturated rings. The molecule has 1 aromatic carbocycles. The highest BCUT2D eigenvalue weighted by Crippen LogP contribution is 2.24. The highest BCUT2D eigenvalue weighted by atomic mass is 35.5. The molecule has 0 aliphatic carbocycles. The van der Waals surface area contributed by atoms with Gasteiger partial charge in [-0.3, -0.25) is 9.59 Å². The zero-order chi connectivity index (χ0) is 17.5. The molecule has 1 atom stereocenters. The molecule has 1 aromatic rings. The number of halogens is 1. The zero-order valence-corrected chi connectivity index (χ0v) is 13.6. The van der Waals surface area contributed by atoms with Crippen LogP contribution in [0.3, 0.4) is 0 Å². The lowest BCUT2D eigenvalue weighted by atomic mass is 9.98. The molecular formula is C16H15ClN2O5. The molecule has 1 N–H and O–H groups in total. The van der Waals surface area contributed by atoms with E-state index in [-0.39, 0.29) is 12.2 Å². The summed E-state index contributed by atoms with van der Waals surface area (Å²) in [6.07, 6.45) is 3.35. The number of hydrogen-bond donors (Lipinski definition) is 1. The standard InChI is InChI=1S/C16H15ClN2O5/c1-23-12-4-2-3-11(7-12)14(15(20)19-22)16(21)24-9-10-5-6-13(17)18-8-10/h2-7,14,18H,8-9H2,1H3. The molecule has 7 nitrogen and oxygen atoms in total. The van der Waals surface area contributed by atoms with Gasteiger partial charge >= 0.3 is 11.9 Å². The number of nitrogens with zero attached hydrogens (tertiary/aromatic N) is 1. The molecule has 0 spiro atoms. The predicted octanol–water partition coefficient (Wildman–Crippen LogP) is 2.22. The van der Waals surface area contributed by atoms with Crippen molar-refractivity contribution in [2.24, 2.45) is 5.18 Å². The van der Waals surface area contributed by atoms with Crippen LogP contribution in [0.5, 0.6) is 5.75 Å². The first-order valence-electron chi connectivity index (χ1n) is 7.02. The van der Waals surface area contributed by atoms with E-state index < -0.39 is 17.8 Å². The van der Waals surface area contributed by atoms with Crippen molar-refractivity contribution in [3.05, 3.63) is 57.6 Å². The highest BCUT2D eigenvalue weighted by Gasteiger charge is 2.31. The largest absolute Gasteiger partial charge is 0.497 e. The molecule has 0 aromatic heterocycles. The number of ether oxygens (including phenoxy) is 2. The van der Waals surface area contributed by atoms with Crippen LogP contribution in [-0.4, -0.2) is 32.1 Å². The van der Waals surface area contributed by atoms with E-state index in [1.54, 1.807) is 24.3 Å². The number of carbonyl (C=O) groups is 2. The minimum absolute atomic E-state index is 0.0287. The van der Waals surface area contributed by atoms with Gasteiger partial charge in [0, 0.05) is 11.7 Å². The first-order chi connectivity index (χ1) is 11.5. The van der Waals surface area contributed by atoms with Gasteiger partial charge in [-0.1, -0.05) is 29.8 Å². The minimum atomic E-state index is -1.42. The summed E-state index contributed by atoms with van der Waals surface area (Å²) < 4.78 is 10.2. The van der Waals surface area contributed by atoms with E-state index in [4.69, 9.17) is 21.1 Å². The predicted molar refractivity (Wildman–Crippen MR) is 87.5 cm³/mol. The zero-order valence-electron chi connectivity index (χ0n) is 12.8. The van der Waals surface area contributed by atoms with Crippen molar-refractivity contribution in [3.63, 3.8) is 0 Å². The molecule has 126 valence electrons. The third-order valence-electron chi connectivity index (χ3n) is 3.35. The molecule has 1 unspecified atom stereocenters. The molecule has 8 heteroatoms. The number of hydrogen-bond acceptors (Lipinski definition) is 6. The maximum absolute atomic E-state index is 12.3. The Morgan fingerprint density at radius 1 is 1.38 bits per heavy atom. The monoisotopic (exact) mass is 350 g/mol. The van der Waals surface area contributed by atoms with E-state index in [1.165, 1.54) is 19.2 Å². The highest BCUT2D eigenvalue weighted by molar-refractivity contribution is 6.29. The Hall–Kier alpha value is -2.67. The van der Waals surface area contributed by atoms with Gasteiger partial charge in [-0.2, -0.15) is 0 Å². The number of benzene rings is 1. The summed E-state index contributed by atoms with van der Waals surface area (Å²) in [6.45, 7) is 0.394. The fraction of sp³-hybridized carbons (Fsp3) is 0.250. The number of nitrogens with one attached hydrogen (secondary N) is 1. The van der Waals surface area contributed by atoms with E-state index >= 15 is 0 Å². The Morgan fingerprint density at radius 3 is 2.79 bits per heavy atom. The van der Waals surface area contributed by atoms with Gasteiger partial charge in [-0.05, 0) is 29.3 Å². The molecule has 1 heterocycles. The van der Waals surface area contributed by atoms with E-state index in [2.05, 4.69) is 10.5 Å². The molecule has 1 aliphatic rings. The average Bonchev–Trinajstić information content (AvgIpc) is 2.61. The summed E-state index contributed by atoms with van der Waals surface area (Å²) >= 11 is 5.76. The van der Waals surface area contributed by atoms with Crippen LogP contribution >= 0.6 is 11.6 Å². The second-order valence-corrected chi connectivity index (χ2v) is 5.35. The van der Waals surface area contributed by atoms with Crippen LogP contribution in [0.1, 0.15) is 11.5 Å². The number of dihydropyridines is 1. The van der Waals surface area contributed by atoms with Crippen molar-refractivity contribution in [1.29, 1.82) is 0 Å². The van der Waals surface area contributed by atoms with Crippen molar-refractivity contribution in [3.8, 4) is 5.75 Å². The fourth-order valence-corrected chi connectivity index (χ4v) is 2.24. The fourth-order valence-electron chi connectivity index (χ4n) is 2.11. The molecule has 1 aliphatic heterocycles. The number of esters is 1.